The molecule has 0 saturated carbocycles. The van der Waals surface area contributed by atoms with Crippen LogP contribution in [0.15, 0.2) is 71.2 Å². The van der Waals surface area contributed by atoms with E-state index < -0.39 is 17.7 Å². The zero-order valence-electron chi connectivity index (χ0n) is 16.9. The molecule has 3 aromatic rings. The predicted molar refractivity (Wildman–Crippen MR) is 124 cm³/mol. The zero-order chi connectivity index (χ0) is 22.8. The van der Waals surface area contributed by atoms with Gasteiger partial charge in [0, 0.05) is 28.5 Å². The van der Waals surface area contributed by atoms with E-state index in [0.29, 0.717) is 33.7 Å². The second-order valence-electron chi connectivity index (χ2n) is 7.92. The monoisotopic (exact) mass is 512 g/mol. The fourth-order valence-corrected chi connectivity index (χ4v) is 4.99. The van der Waals surface area contributed by atoms with Crippen LogP contribution in [-0.4, -0.2) is 29.1 Å². The van der Waals surface area contributed by atoms with Crippen LogP contribution >= 0.6 is 27.5 Å². The molecular weight excluding hydrogens is 495 g/mol. The Bertz CT molecular complexity index is 1170. The van der Waals surface area contributed by atoms with E-state index in [-0.39, 0.29) is 12.0 Å². The Hall–Kier alpha value is -2.72. The third-order valence-corrected chi connectivity index (χ3v) is 6.51. The number of hydrogen-bond acceptors (Lipinski definition) is 3. The lowest BCUT2D eigenvalue weighted by Gasteiger charge is -2.47. The van der Waals surface area contributed by atoms with E-state index >= 15 is 0 Å². The first-order valence-corrected chi connectivity index (χ1v) is 11.2. The highest BCUT2D eigenvalue weighted by Gasteiger charge is 2.42. The summed E-state index contributed by atoms with van der Waals surface area (Å²) in [5.41, 5.74) is 2.96. The second kappa shape index (κ2) is 9.41. The van der Waals surface area contributed by atoms with Crippen LogP contribution in [0.2, 0.25) is 5.02 Å². The van der Waals surface area contributed by atoms with E-state index in [0.717, 1.165) is 11.1 Å². The summed E-state index contributed by atoms with van der Waals surface area (Å²) in [4.78, 5) is 14.3. The van der Waals surface area contributed by atoms with Crippen LogP contribution in [0.3, 0.4) is 0 Å². The molecule has 0 spiro atoms. The third kappa shape index (κ3) is 4.71. The summed E-state index contributed by atoms with van der Waals surface area (Å²) in [6.07, 6.45) is 0. The van der Waals surface area contributed by atoms with E-state index in [9.17, 15) is 19.6 Å². The van der Waals surface area contributed by atoms with Crippen molar-refractivity contribution in [3.05, 3.63) is 104 Å². The number of hydrogen-bond donors (Lipinski definition) is 1. The molecule has 4 nitrogen and oxygen atoms in total. The normalized spacial score (nSPS) is 16.1. The molecule has 1 N–H and O–H groups in total. The number of rotatable bonds is 6. The minimum absolute atomic E-state index is 0.148. The quantitative estimate of drug-likeness (QED) is 0.439. The van der Waals surface area contributed by atoms with Gasteiger partial charge in [-0.05, 0) is 59.2 Å². The number of carboxylic acid groups (broad SMARTS) is 1. The SMILES string of the molecule is N#Cc1cccc([C@H](c2ccc(Cl)cc2)N2CC([C@H](C(=O)O)c3cc(F)cc(Br)c3)C2)c1. The number of nitrogens with zero attached hydrogens (tertiary/aromatic N) is 2. The Labute approximate surface area is 199 Å². The Morgan fingerprint density at radius 3 is 2.44 bits per heavy atom. The van der Waals surface area contributed by atoms with Gasteiger partial charge < -0.3 is 5.11 Å². The van der Waals surface area contributed by atoms with Crippen LogP contribution in [0.1, 0.15) is 34.2 Å². The number of likely N-dealkylation sites (tertiary alicyclic amines) is 1. The highest BCUT2D eigenvalue weighted by molar-refractivity contribution is 9.10. The number of nitriles is 1. The van der Waals surface area contributed by atoms with Gasteiger partial charge in [0.05, 0.1) is 23.6 Å². The maximum atomic E-state index is 13.9. The second-order valence-corrected chi connectivity index (χ2v) is 9.28. The van der Waals surface area contributed by atoms with Gasteiger partial charge in [-0.25, -0.2) is 4.39 Å². The molecule has 1 aliphatic heterocycles. The van der Waals surface area contributed by atoms with Crippen LogP contribution in [0, 0.1) is 23.1 Å². The number of benzene rings is 3. The molecule has 4 rings (SSSR count). The minimum Gasteiger partial charge on any atom is -0.481 e. The summed E-state index contributed by atoms with van der Waals surface area (Å²) >= 11 is 9.33. The minimum atomic E-state index is -0.971. The van der Waals surface area contributed by atoms with Crippen molar-refractivity contribution in [1.29, 1.82) is 5.26 Å². The lowest BCUT2D eigenvalue weighted by atomic mass is 9.79. The molecule has 0 unspecified atom stereocenters. The van der Waals surface area contributed by atoms with Crippen molar-refractivity contribution in [3.63, 3.8) is 0 Å². The van der Waals surface area contributed by atoms with E-state index in [1.807, 2.05) is 42.5 Å². The van der Waals surface area contributed by atoms with E-state index in [1.165, 1.54) is 12.1 Å². The lowest BCUT2D eigenvalue weighted by molar-refractivity contribution is -0.142. The van der Waals surface area contributed by atoms with Gasteiger partial charge >= 0.3 is 5.97 Å². The van der Waals surface area contributed by atoms with Crippen molar-refractivity contribution in [1.82, 2.24) is 4.90 Å². The van der Waals surface area contributed by atoms with Crippen molar-refractivity contribution < 1.29 is 14.3 Å². The highest BCUT2D eigenvalue weighted by atomic mass is 79.9. The van der Waals surface area contributed by atoms with Crippen molar-refractivity contribution in [3.8, 4) is 6.07 Å². The molecule has 162 valence electrons. The summed E-state index contributed by atoms with van der Waals surface area (Å²) in [5, 5.41) is 19.8. The third-order valence-electron chi connectivity index (χ3n) is 5.80. The highest BCUT2D eigenvalue weighted by Crippen LogP contribution is 2.40. The largest absolute Gasteiger partial charge is 0.481 e. The Morgan fingerprint density at radius 2 is 1.81 bits per heavy atom. The number of carboxylic acids is 1. The maximum Gasteiger partial charge on any atom is 0.311 e. The molecule has 1 fully saturated rings. The fourth-order valence-electron chi connectivity index (χ4n) is 4.38. The first-order chi connectivity index (χ1) is 15.4. The first-order valence-electron chi connectivity index (χ1n) is 10.0. The average molecular weight is 514 g/mol. The number of aliphatic carboxylic acids is 1. The topological polar surface area (TPSA) is 64.3 Å². The molecule has 2 atom stereocenters. The Balaban J connectivity index is 1.63. The Kier molecular flexibility index (Phi) is 6.61. The molecule has 3 aromatic carbocycles. The smallest absolute Gasteiger partial charge is 0.311 e. The van der Waals surface area contributed by atoms with Gasteiger partial charge in [-0.1, -0.05) is 51.8 Å². The first kappa shape index (κ1) is 22.5. The van der Waals surface area contributed by atoms with Crippen LogP contribution in [0.25, 0.3) is 0 Å². The molecule has 7 heteroatoms. The Morgan fingerprint density at radius 1 is 1.09 bits per heavy atom. The standard InChI is InChI=1S/C25H19BrClFN2O2/c26-20-9-18(10-22(28)11-20)23(25(31)32)19-13-30(14-19)24(16-4-6-21(27)7-5-16)17-3-1-2-15(8-17)12-29/h1-11,19,23-24H,13-14H2,(H,31,32)/t23-,24+/m1/s1. The number of carbonyl (C=O) groups is 1. The van der Waals surface area contributed by atoms with Gasteiger partial charge in [-0.15, -0.1) is 0 Å². The summed E-state index contributed by atoms with van der Waals surface area (Å²) in [5.74, 6) is -2.42. The molecule has 1 heterocycles. The van der Waals surface area contributed by atoms with Crippen molar-refractivity contribution in [2.75, 3.05) is 13.1 Å². The van der Waals surface area contributed by atoms with Gasteiger partial charge in [-0.3, -0.25) is 9.69 Å². The predicted octanol–water partition coefficient (Wildman–Crippen LogP) is 6.00. The maximum absolute atomic E-state index is 13.9. The molecule has 0 radical (unpaired) electrons. The zero-order valence-corrected chi connectivity index (χ0v) is 19.2. The summed E-state index contributed by atoms with van der Waals surface area (Å²) in [6.45, 7) is 1.05. The summed E-state index contributed by atoms with van der Waals surface area (Å²) in [6, 6.07) is 21.2. The molecule has 32 heavy (non-hydrogen) atoms. The van der Waals surface area contributed by atoms with Crippen molar-refractivity contribution in [2.45, 2.75) is 12.0 Å². The van der Waals surface area contributed by atoms with Crippen LogP contribution in [0.5, 0.6) is 0 Å². The van der Waals surface area contributed by atoms with Crippen LogP contribution < -0.4 is 0 Å². The van der Waals surface area contributed by atoms with Crippen molar-refractivity contribution >= 4 is 33.5 Å². The molecule has 0 aromatic heterocycles. The molecule has 0 aliphatic carbocycles. The van der Waals surface area contributed by atoms with Crippen molar-refractivity contribution in [2.24, 2.45) is 5.92 Å². The van der Waals surface area contributed by atoms with Crippen LogP contribution in [0.4, 0.5) is 4.39 Å². The average Bonchev–Trinajstić information content (AvgIpc) is 2.72. The van der Waals surface area contributed by atoms with Gasteiger partial charge in [0.25, 0.3) is 0 Å². The summed E-state index contributed by atoms with van der Waals surface area (Å²) < 4.78 is 14.4. The van der Waals surface area contributed by atoms with Gasteiger partial charge in [-0.2, -0.15) is 5.26 Å². The van der Waals surface area contributed by atoms with Crippen LogP contribution in [-0.2, 0) is 4.79 Å². The van der Waals surface area contributed by atoms with E-state index in [2.05, 4.69) is 26.9 Å². The van der Waals surface area contributed by atoms with E-state index in [1.54, 1.807) is 12.1 Å². The van der Waals surface area contributed by atoms with E-state index in [4.69, 9.17) is 11.6 Å². The molecule has 0 amide bonds. The van der Waals surface area contributed by atoms with Gasteiger partial charge in [0.1, 0.15) is 5.82 Å². The molecular formula is C25H19BrClFN2O2. The number of halogens is 3. The van der Waals surface area contributed by atoms with Gasteiger partial charge in [0.2, 0.25) is 0 Å². The van der Waals surface area contributed by atoms with Gasteiger partial charge in [0.15, 0.2) is 0 Å². The lowest BCUT2D eigenvalue weighted by Crippen LogP contribution is -2.52. The molecule has 1 saturated heterocycles. The molecule has 1 aliphatic rings. The molecule has 0 bridgehead atoms. The fraction of sp³-hybridized carbons (Fsp3) is 0.200. The summed E-state index contributed by atoms with van der Waals surface area (Å²) in [7, 11) is 0.